The third kappa shape index (κ3) is 4.72. The first kappa shape index (κ1) is 19.1. The van der Waals surface area contributed by atoms with Gasteiger partial charge in [-0.05, 0) is 31.9 Å². The highest BCUT2D eigenvalue weighted by molar-refractivity contribution is 5.78. The Kier molecular flexibility index (Phi) is 6.21. The Balaban J connectivity index is 1.55. The monoisotopic (exact) mass is 374 g/mol. The van der Waals surface area contributed by atoms with Gasteiger partial charge in [0.25, 0.3) is 0 Å². The Morgan fingerprint density at radius 3 is 2.96 bits per heavy atom. The number of carbonyl (C=O) groups is 2. The van der Waals surface area contributed by atoms with Gasteiger partial charge in [-0.25, -0.2) is 9.37 Å². The van der Waals surface area contributed by atoms with E-state index in [1.54, 1.807) is 30.0 Å². The van der Waals surface area contributed by atoms with Crippen molar-refractivity contribution in [2.24, 2.45) is 5.92 Å². The number of halogens is 1. The Morgan fingerprint density at radius 2 is 2.19 bits per heavy atom. The largest absolute Gasteiger partial charge is 0.466 e. The van der Waals surface area contributed by atoms with Crippen molar-refractivity contribution in [1.82, 2.24) is 9.88 Å². The minimum atomic E-state index is -0.380. The number of carbonyl (C=O) groups excluding carboxylic acids is 2. The average molecular weight is 374 g/mol. The van der Waals surface area contributed by atoms with Gasteiger partial charge in [0.1, 0.15) is 5.82 Å². The number of oxazole rings is 1. The highest BCUT2D eigenvalue weighted by atomic mass is 19.1. The van der Waals surface area contributed by atoms with Gasteiger partial charge in [0.2, 0.25) is 5.91 Å². The second-order valence-electron chi connectivity index (χ2n) is 6.53. The molecule has 2 aromatic rings. The molecular weight excluding hydrogens is 351 g/mol. The molecule has 3 rings (SSSR count). The number of rotatable bonds is 6. The van der Waals surface area contributed by atoms with Gasteiger partial charge < -0.3 is 14.1 Å². The fourth-order valence-corrected chi connectivity index (χ4v) is 3.24. The predicted octanol–water partition coefficient (Wildman–Crippen LogP) is 3.22. The molecule has 1 unspecified atom stereocenters. The molecule has 2 heterocycles. The first-order valence-electron chi connectivity index (χ1n) is 9.22. The number of esters is 1. The fourth-order valence-electron chi connectivity index (χ4n) is 3.24. The Morgan fingerprint density at radius 1 is 1.37 bits per heavy atom. The van der Waals surface area contributed by atoms with Crippen molar-refractivity contribution in [3.63, 3.8) is 0 Å². The summed E-state index contributed by atoms with van der Waals surface area (Å²) in [5.74, 6) is -0.185. The molecule has 1 amide bonds. The van der Waals surface area contributed by atoms with Gasteiger partial charge in [0, 0.05) is 25.9 Å². The van der Waals surface area contributed by atoms with Crippen molar-refractivity contribution < 1.29 is 23.1 Å². The highest BCUT2D eigenvalue weighted by Crippen LogP contribution is 2.24. The van der Waals surface area contributed by atoms with Crippen LogP contribution < -0.4 is 0 Å². The highest BCUT2D eigenvalue weighted by Gasteiger charge is 2.29. The third-order valence-electron chi connectivity index (χ3n) is 4.64. The summed E-state index contributed by atoms with van der Waals surface area (Å²) in [4.78, 5) is 30.2. The predicted molar refractivity (Wildman–Crippen MR) is 96.2 cm³/mol. The number of hydrogen-bond acceptors (Lipinski definition) is 5. The van der Waals surface area contributed by atoms with Crippen LogP contribution in [0.4, 0.5) is 4.39 Å². The first-order chi connectivity index (χ1) is 13.1. The van der Waals surface area contributed by atoms with Crippen molar-refractivity contribution >= 4 is 11.9 Å². The van der Waals surface area contributed by atoms with Crippen LogP contribution in [0.15, 0.2) is 34.9 Å². The van der Waals surface area contributed by atoms with Crippen LogP contribution in [0, 0.1) is 11.7 Å². The van der Waals surface area contributed by atoms with Gasteiger partial charge >= 0.3 is 5.97 Å². The average Bonchev–Trinajstić information content (AvgIpc) is 3.15. The number of likely N-dealkylation sites (tertiary alicyclic amines) is 1. The lowest BCUT2D eigenvalue weighted by Gasteiger charge is -2.31. The molecule has 6 nitrogen and oxygen atoms in total. The smallest absolute Gasteiger partial charge is 0.310 e. The number of hydrogen-bond donors (Lipinski definition) is 0. The molecule has 1 aromatic heterocycles. The van der Waals surface area contributed by atoms with Crippen molar-refractivity contribution in [3.05, 3.63) is 42.2 Å². The number of nitrogens with zero attached hydrogens (tertiary/aromatic N) is 2. The minimum absolute atomic E-state index is 0.0466. The molecule has 0 aliphatic carbocycles. The minimum Gasteiger partial charge on any atom is -0.466 e. The van der Waals surface area contributed by atoms with Crippen LogP contribution in [0.2, 0.25) is 0 Å². The lowest BCUT2D eigenvalue weighted by molar-refractivity contribution is -0.151. The molecule has 1 atom stereocenters. The zero-order chi connectivity index (χ0) is 19.2. The van der Waals surface area contributed by atoms with E-state index in [4.69, 9.17) is 9.15 Å². The summed E-state index contributed by atoms with van der Waals surface area (Å²) >= 11 is 0. The zero-order valence-electron chi connectivity index (χ0n) is 15.3. The Hall–Kier alpha value is -2.70. The summed E-state index contributed by atoms with van der Waals surface area (Å²) in [6.45, 7) is 3.15. The van der Waals surface area contributed by atoms with Crippen LogP contribution >= 0.6 is 0 Å². The van der Waals surface area contributed by atoms with E-state index in [1.807, 2.05) is 0 Å². The number of benzene rings is 1. The number of aryl methyl sites for hydroxylation is 1. The van der Waals surface area contributed by atoms with Gasteiger partial charge in [-0.2, -0.15) is 0 Å². The maximum Gasteiger partial charge on any atom is 0.310 e. The van der Waals surface area contributed by atoms with E-state index < -0.39 is 0 Å². The second-order valence-corrected chi connectivity index (χ2v) is 6.53. The number of ether oxygens (including phenoxy) is 1. The van der Waals surface area contributed by atoms with Crippen molar-refractivity contribution in [3.8, 4) is 11.3 Å². The summed E-state index contributed by atoms with van der Waals surface area (Å²) in [6, 6.07) is 6.31. The molecule has 1 aliphatic heterocycles. The summed E-state index contributed by atoms with van der Waals surface area (Å²) in [7, 11) is 0. The molecule has 1 saturated heterocycles. The van der Waals surface area contributed by atoms with Crippen LogP contribution in [0.25, 0.3) is 11.3 Å². The van der Waals surface area contributed by atoms with Crippen LogP contribution in [0.5, 0.6) is 0 Å². The van der Waals surface area contributed by atoms with Crippen LogP contribution in [-0.2, 0) is 20.7 Å². The second kappa shape index (κ2) is 8.79. The standard InChI is InChI=1S/C20H23FN2O4/c1-2-26-20(25)14-6-5-11-23(13-14)19(24)10-9-18-22-12-17(27-18)15-7-3-4-8-16(15)21/h3-4,7-8,12,14H,2,5-6,9-11,13H2,1H3. The van der Waals surface area contributed by atoms with E-state index >= 15 is 0 Å². The Labute approximate surface area is 157 Å². The molecule has 0 N–H and O–H groups in total. The molecule has 144 valence electrons. The maximum atomic E-state index is 13.8. The van der Waals surface area contributed by atoms with E-state index in [2.05, 4.69) is 4.98 Å². The van der Waals surface area contributed by atoms with Crippen molar-refractivity contribution in [1.29, 1.82) is 0 Å². The van der Waals surface area contributed by atoms with Gasteiger partial charge in [-0.15, -0.1) is 0 Å². The summed E-state index contributed by atoms with van der Waals surface area (Å²) in [6.07, 6.45) is 3.55. The summed E-state index contributed by atoms with van der Waals surface area (Å²) < 4.78 is 24.5. The number of amides is 1. The zero-order valence-corrected chi connectivity index (χ0v) is 15.3. The maximum absolute atomic E-state index is 13.8. The fraction of sp³-hybridized carbons (Fsp3) is 0.450. The third-order valence-corrected chi connectivity index (χ3v) is 4.64. The first-order valence-corrected chi connectivity index (χ1v) is 9.22. The van der Waals surface area contributed by atoms with E-state index in [1.165, 1.54) is 12.3 Å². The number of piperidine rings is 1. The molecule has 0 spiro atoms. The van der Waals surface area contributed by atoms with E-state index in [0.717, 1.165) is 12.8 Å². The SMILES string of the molecule is CCOC(=O)C1CCCN(C(=O)CCc2ncc(-c3ccccc3F)o2)C1. The Bertz CT molecular complexity index is 805. The molecule has 1 fully saturated rings. The van der Waals surface area contributed by atoms with Crippen LogP contribution in [-0.4, -0.2) is 41.5 Å². The van der Waals surface area contributed by atoms with Crippen molar-refractivity contribution in [2.75, 3.05) is 19.7 Å². The van der Waals surface area contributed by atoms with Crippen molar-refractivity contribution in [2.45, 2.75) is 32.6 Å². The molecule has 27 heavy (non-hydrogen) atoms. The summed E-state index contributed by atoms with van der Waals surface area (Å²) in [5, 5.41) is 0. The quantitative estimate of drug-likeness (QED) is 0.726. The number of aromatic nitrogens is 1. The molecule has 0 radical (unpaired) electrons. The van der Waals surface area contributed by atoms with Gasteiger partial charge in [-0.1, -0.05) is 12.1 Å². The van der Waals surface area contributed by atoms with E-state index in [-0.39, 0.29) is 30.0 Å². The van der Waals surface area contributed by atoms with E-state index in [9.17, 15) is 14.0 Å². The topological polar surface area (TPSA) is 72.6 Å². The van der Waals surface area contributed by atoms with Crippen LogP contribution in [0.1, 0.15) is 32.1 Å². The van der Waals surface area contributed by atoms with Gasteiger partial charge in [0.15, 0.2) is 11.7 Å². The molecule has 7 heteroatoms. The lowest BCUT2D eigenvalue weighted by atomic mass is 9.98. The molecule has 0 bridgehead atoms. The molecular formula is C20H23FN2O4. The van der Waals surface area contributed by atoms with Crippen LogP contribution in [0.3, 0.4) is 0 Å². The molecule has 0 saturated carbocycles. The van der Waals surface area contributed by atoms with Gasteiger partial charge in [0.05, 0.1) is 24.3 Å². The molecule has 1 aromatic carbocycles. The van der Waals surface area contributed by atoms with E-state index in [0.29, 0.717) is 43.3 Å². The summed E-state index contributed by atoms with van der Waals surface area (Å²) in [5.41, 5.74) is 0.343. The lowest BCUT2D eigenvalue weighted by Crippen LogP contribution is -2.42. The van der Waals surface area contributed by atoms with Gasteiger partial charge in [-0.3, -0.25) is 9.59 Å². The molecule has 1 aliphatic rings. The normalized spacial score (nSPS) is 17.0.